The van der Waals surface area contributed by atoms with E-state index in [1.807, 2.05) is 0 Å². The summed E-state index contributed by atoms with van der Waals surface area (Å²) in [4.78, 5) is 13.6. The molecule has 0 atom stereocenters. The van der Waals surface area contributed by atoms with Gasteiger partial charge >= 0.3 is 6.03 Å². The molecular weight excluding hydrogens is 321 g/mol. The number of carbonyl (C=O) groups excluding carboxylic acids is 1. The predicted molar refractivity (Wildman–Crippen MR) is 85.1 cm³/mol. The van der Waals surface area contributed by atoms with Crippen molar-refractivity contribution >= 4 is 11.7 Å². The Morgan fingerprint density at radius 1 is 1.17 bits per heavy atom. The van der Waals surface area contributed by atoms with Crippen LogP contribution in [0, 0.1) is 17.5 Å². The fraction of sp³-hybridized carbons (Fsp3) is 0.235. The molecule has 0 fully saturated rings. The van der Waals surface area contributed by atoms with E-state index in [1.165, 1.54) is 4.90 Å². The number of urea groups is 1. The minimum atomic E-state index is -1.54. The maximum absolute atomic E-state index is 13.5. The molecule has 0 radical (unpaired) electrons. The molecule has 0 aliphatic rings. The van der Waals surface area contributed by atoms with E-state index in [9.17, 15) is 18.0 Å². The quantitative estimate of drug-likeness (QED) is 0.818. The van der Waals surface area contributed by atoms with Gasteiger partial charge in [0.15, 0.2) is 17.5 Å². The second-order valence-corrected chi connectivity index (χ2v) is 5.03. The first kappa shape index (κ1) is 17.8. The lowest BCUT2D eigenvalue weighted by Crippen LogP contribution is -2.36. The van der Waals surface area contributed by atoms with Gasteiger partial charge in [-0.2, -0.15) is 0 Å². The molecule has 128 valence electrons. The number of carbonyl (C=O) groups is 1. The number of anilines is 1. The molecule has 2 amide bonds. The minimum absolute atomic E-state index is 0.104. The van der Waals surface area contributed by atoms with Gasteiger partial charge in [-0.15, -0.1) is 0 Å². The van der Waals surface area contributed by atoms with Gasteiger partial charge in [0.2, 0.25) is 0 Å². The fourth-order valence-corrected chi connectivity index (χ4v) is 2.27. The van der Waals surface area contributed by atoms with E-state index in [-0.39, 0.29) is 18.7 Å². The molecule has 0 spiro atoms. The highest BCUT2D eigenvalue weighted by atomic mass is 19.2. The Morgan fingerprint density at radius 3 is 2.38 bits per heavy atom. The van der Waals surface area contributed by atoms with Crippen LogP contribution in [0.4, 0.5) is 23.7 Å². The molecule has 0 aromatic heterocycles. The molecule has 0 aliphatic carbocycles. The normalized spacial score (nSPS) is 10.5. The third-order valence-corrected chi connectivity index (χ3v) is 3.50. The van der Waals surface area contributed by atoms with Crippen molar-refractivity contribution in [2.24, 2.45) is 0 Å². The Hall–Kier alpha value is -2.54. The van der Waals surface area contributed by atoms with Crippen molar-refractivity contribution in [3.8, 4) is 11.1 Å². The number of hydrogen-bond donors (Lipinski definition) is 2. The average molecular weight is 338 g/mol. The number of aliphatic hydroxyl groups is 1. The summed E-state index contributed by atoms with van der Waals surface area (Å²) in [5.41, 5.74) is 0.778. The number of amides is 2. The van der Waals surface area contributed by atoms with Crippen LogP contribution in [-0.4, -0.2) is 35.7 Å². The maximum atomic E-state index is 13.5. The van der Waals surface area contributed by atoms with Crippen molar-refractivity contribution in [3.63, 3.8) is 0 Å². The molecule has 2 aromatic carbocycles. The summed E-state index contributed by atoms with van der Waals surface area (Å²) < 4.78 is 40.1. The smallest absolute Gasteiger partial charge is 0.321 e. The fourth-order valence-electron chi connectivity index (χ4n) is 2.27. The van der Waals surface area contributed by atoms with Gasteiger partial charge in [-0.1, -0.05) is 18.2 Å². The molecule has 2 rings (SSSR count). The van der Waals surface area contributed by atoms with E-state index in [1.54, 1.807) is 31.2 Å². The zero-order chi connectivity index (χ0) is 17.7. The van der Waals surface area contributed by atoms with Gasteiger partial charge in [0, 0.05) is 18.7 Å². The molecule has 0 saturated carbocycles. The van der Waals surface area contributed by atoms with E-state index in [4.69, 9.17) is 5.11 Å². The average Bonchev–Trinajstić information content (AvgIpc) is 2.57. The highest BCUT2D eigenvalue weighted by Gasteiger charge is 2.16. The van der Waals surface area contributed by atoms with Crippen molar-refractivity contribution in [1.82, 2.24) is 4.90 Å². The first-order chi connectivity index (χ1) is 11.5. The van der Waals surface area contributed by atoms with E-state index in [0.29, 0.717) is 17.8 Å². The Bertz CT molecular complexity index is 715. The number of benzene rings is 2. The molecule has 0 heterocycles. The van der Waals surface area contributed by atoms with Gasteiger partial charge in [0.05, 0.1) is 12.3 Å². The zero-order valence-corrected chi connectivity index (χ0v) is 13.0. The zero-order valence-electron chi connectivity index (χ0n) is 13.0. The molecular formula is C17H17F3N2O2. The highest BCUT2D eigenvalue weighted by molar-refractivity contribution is 5.94. The Labute approximate surface area is 137 Å². The summed E-state index contributed by atoms with van der Waals surface area (Å²) in [7, 11) is 0. The standard InChI is InChI=1S/C17H17F3N2O2/c1-2-22(7-8-23)17(24)21-15-6-4-3-5-12(15)11-9-13(18)16(20)14(19)10-11/h3-6,9-10,23H,2,7-8H2,1H3,(H,21,24). The molecule has 24 heavy (non-hydrogen) atoms. The first-order valence-electron chi connectivity index (χ1n) is 7.38. The van der Waals surface area contributed by atoms with Crippen LogP contribution >= 0.6 is 0 Å². The molecule has 0 saturated heterocycles. The summed E-state index contributed by atoms with van der Waals surface area (Å²) >= 11 is 0. The number of aliphatic hydroxyl groups excluding tert-OH is 1. The summed E-state index contributed by atoms with van der Waals surface area (Å²) in [6.07, 6.45) is 0. The first-order valence-corrected chi connectivity index (χ1v) is 7.38. The van der Waals surface area contributed by atoms with Gasteiger partial charge in [0.1, 0.15) is 0 Å². The van der Waals surface area contributed by atoms with Crippen LogP contribution in [0.5, 0.6) is 0 Å². The predicted octanol–water partition coefficient (Wildman–Crippen LogP) is 3.62. The molecule has 2 N–H and O–H groups in total. The lowest BCUT2D eigenvalue weighted by molar-refractivity contribution is 0.192. The number of nitrogens with one attached hydrogen (secondary N) is 1. The van der Waals surface area contributed by atoms with E-state index in [0.717, 1.165) is 12.1 Å². The van der Waals surface area contributed by atoms with Crippen molar-refractivity contribution in [2.75, 3.05) is 25.0 Å². The van der Waals surface area contributed by atoms with Crippen molar-refractivity contribution in [3.05, 3.63) is 53.8 Å². The largest absolute Gasteiger partial charge is 0.395 e. The monoisotopic (exact) mass is 338 g/mol. The number of rotatable bonds is 5. The summed E-state index contributed by atoms with van der Waals surface area (Å²) in [6.45, 7) is 2.11. The lowest BCUT2D eigenvalue weighted by Gasteiger charge is -2.21. The van der Waals surface area contributed by atoms with Crippen molar-refractivity contribution in [1.29, 1.82) is 0 Å². The van der Waals surface area contributed by atoms with Crippen LogP contribution in [0.2, 0.25) is 0 Å². The second-order valence-electron chi connectivity index (χ2n) is 5.03. The van der Waals surface area contributed by atoms with Crippen LogP contribution in [0.3, 0.4) is 0 Å². The maximum Gasteiger partial charge on any atom is 0.321 e. The molecule has 4 nitrogen and oxygen atoms in total. The third kappa shape index (κ3) is 3.86. The number of nitrogens with zero attached hydrogens (tertiary/aromatic N) is 1. The van der Waals surface area contributed by atoms with Gasteiger partial charge in [0.25, 0.3) is 0 Å². The highest BCUT2D eigenvalue weighted by Crippen LogP contribution is 2.30. The number of para-hydroxylation sites is 1. The molecule has 0 unspecified atom stereocenters. The van der Waals surface area contributed by atoms with Crippen LogP contribution in [0.25, 0.3) is 11.1 Å². The van der Waals surface area contributed by atoms with E-state index in [2.05, 4.69) is 5.32 Å². The van der Waals surface area contributed by atoms with Crippen LogP contribution in [0.1, 0.15) is 6.92 Å². The van der Waals surface area contributed by atoms with Crippen molar-refractivity contribution < 1.29 is 23.1 Å². The Morgan fingerprint density at radius 2 is 1.79 bits per heavy atom. The third-order valence-electron chi connectivity index (χ3n) is 3.50. The van der Waals surface area contributed by atoms with Crippen LogP contribution in [0.15, 0.2) is 36.4 Å². The second kappa shape index (κ2) is 7.83. The summed E-state index contributed by atoms with van der Waals surface area (Å²) in [6, 6.07) is 7.70. The Kier molecular flexibility index (Phi) is 5.81. The van der Waals surface area contributed by atoms with Crippen molar-refractivity contribution in [2.45, 2.75) is 6.92 Å². The molecule has 2 aromatic rings. The number of hydrogen-bond acceptors (Lipinski definition) is 2. The van der Waals surface area contributed by atoms with Crippen LogP contribution < -0.4 is 5.32 Å². The SMILES string of the molecule is CCN(CCO)C(=O)Nc1ccccc1-c1cc(F)c(F)c(F)c1. The molecule has 0 aliphatic heterocycles. The van der Waals surface area contributed by atoms with Gasteiger partial charge < -0.3 is 15.3 Å². The molecule has 0 bridgehead atoms. The topological polar surface area (TPSA) is 52.6 Å². The summed E-state index contributed by atoms with van der Waals surface area (Å²) in [5.74, 6) is -4.15. The number of halogens is 3. The van der Waals surface area contributed by atoms with Crippen LogP contribution in [-0.2, 0) is 0 Å². The Balaban J connectivity index is 2.36. The summed E-state index contributed by atoms with van der Waals surface area (Å²) in [5, 5.41) is 11.6. The van der Waals surface area contributed by atoms with Gasteiger partial charge in [-0.25, -0.2) is 18.0 Å². The lowest BCUT2D eigenvalue weighted by atomic mass is 10.0. The molecule has 7 heteroatoms. The van der Waals surface area contributed by atoms with E-state index >= 15 is 0 Å². The minimum Gasteiger partial charge on any atom is -0.395 e. The van der Waals surface area contributed by atoms with Gasteiger partial charge in [-0.05, 0) is 30.7 Å². The van der Waals surface area contributed by atoms with E-state index < -0.39 is 23.5 Å². The van der Waals surface area contributed by atoms with Gasteiger partial charge in [-0.3, -0.25) is 0 Å². The number of likely N-dealkylation sites (N-methyl/N-ethyl adjacent to an activating group) is 1.